The zero-order valence-electron chi connectivity index (χ0n) is 15.6. The molecule has 0 aliphatic carbocycles. The molecule has 1 atom stereocenters. The maximum atomic E-state index is 12.4. The molecule has 0 bridgehead atoms. The quantitative estimate of drug-likeness (QED) is 0.633. The Bertz CT molecular complexity index is 804. The number of carboxylic acids is 1. The monoisotopic (exact) mass is 355 g/mol. The van der Waals surface area contributed by atoms with E-state index in [9.17, 15) is 9.59 Å². The van der Waals surface area contributed by atoms with E-state index in [1.54, 1.807) is 30.3 Å². The molecular weight excluding hydrogens is 330 g/mol. The Balaban J connectivity index is 2.08. The molecule has 2 rings (SSSR count). The topological polar surface area (TPSA) is 89.6 Å². The highest BCUT2D eigenvalue weighted by molar-refractivity contribution is 5.91. The molecule has 0 amide bonds. The molecule has 138 valence electrons. The first-order chi connectivity index (χ1) is 12.1. The minimum Gasteiger partial charge on any atom is -0.480 e. The van der Waals surface area contributed by atoms with Gasteiger partial charge in [0, 0.05) is 0 Å². The van der Waals surface area contributed by atoms with Crippen molar-refractivity contribution >= 4 is 11.9 Å². The van der Waals surface area contributed by atoms with Crippen LogP contribution in [0.25, 0.3) is 0 Å². The van der Waals surface area contributed by atoms with Gasteiger partial charge < -0.3 is 15.6 Å². The van der Waals surface area contributed by atoms with Crippen LogP contribution in [-0.2, 0) is 16.6 Å². The van der Waals surface area contributed by atoms with Crippen LogP contribution < -0.4 is 10.5 Å². The molecule has 5 nitrogen and oxygen atoms in total. The van der Waals surface area contributed by atoms with Gasteiger partial charge in [0.2, 0.25) is 0 Å². The second-order valence-corrected chi connectivity index (χ2v) is 7.46. The van der Waals surface area contributed by atoms with E-state index in [4.69, 9.17) is 15.6 Å². The first-order valence-corrected chi connectivity index (χ1v) is 8.48. The Morgan fingerprint density at radius 3 is 2.23 bits per heavy atom. The van der Waals surface area contributed by atoms with Crippen molar-refractivity contribution in [2.45, 2.75) is 45.6 Å². The average Bonchev–Trinajstić information content (AvgIpc) is 2.55. The van der Waals surface area contributed by atoms with Crippen LogP contribution >= 0.6 is 0 Å². The summed E-state index contributed by atoms with van der Waals surface area (Å²) in [5.41, 5.74) is 9.02. The summed E-state index contributed by atoms with van der Waals surface area (Å²) in [5, 5.41) is 8.84. The number of aryl methyl sites for hydroxylation is 1. The van der Waals surface area contributed by atoms with Crippen LogP contribution in [0.15, 0.2) is 42.5 Å². The van der Waals surface area contributed by atoms with Gasteiger partial charge >= 0.3 is 11.9 Å². The number of hydrogen-bond acceptors (Lipinski definition) is 4. The summed E-state index contributed by atoms with van der Waals surface area (Å²) in [5.74, 6) is -1.07. The summed E-state index contributed by atoms with van der Waals surface area (Å²) < 4.78 is 5.40. The Morgan fingerprint density at radius 2 is 1.73 bits per heavy atom. The van der Waals surface area contributed by atoms with Crippen molar-refractivity contribution in [2.75, 3.05) is 0 Å². The van der Waals surface area contributed by atoms with Gasteiger partial charge in [0.15, 0.2) is 0 Å². The van der Waals surface area contributed by atoms with E-state index in [0.29, 0.717) is 11.3 Å². The Hall–Kier alpha value is -2.66. The number of nitrogens with two attached hydrogens (primary N) is 1. The molecule has 1 unspecified atom stereocenters. The maximum absolute atomic E-state index is 12.4. The van der Waals surface area contributed by atoms with Gasteiger partial charge in [-0.1, -0.05) is 39.0 Å². The number of benzene rings is 2. The van der Waals surface area contributed by atoms with Gasteiger partial charge in [-0.3, -0.25) is 4.79 Å². The van der Waals surface area contributed by atoms with Crippen LogP contribution in [0.2, 0.25) is 0 Å². The lowest BCUT2D eigenvalue weighted by Crippen LogP contribution is -2.32. The molecule has 0 aliphatic heterocycles. The number of carbonyl (C=O) groups excluding carboxylic acids is 1. The number of hydrogen-bond donors (Lipinski definition) is 2. The molecule has 3 N–H and O–H groups in total. The second-order valence-electron chi connectivity index (χ2n) is 7.46. The van der Waals surface area contributed by atoms with Crippen molar-refractivity contribution in [2.24, 2.45) is 5.73 Å². The molecule has 26 heavy (non-hydrogen) atoms. The molecule has 0 spiro atoms. The number of carboxylic acid groups (broad SMARTS) is 1. The maximum Gasteiger partial charge on any atom is 0.343 e. The van der Waals surface area contributed by atoms with Crippen molar-refractivity contribution in [1.82, 2.24) is 0 Å². The van der Waals surface area contributed by atoms with Crippen molar-refractivity contribution < 1.29 is 19.4 Å². The SMILES string of the molecule is Cc1cc(C(=O)Oc2ccc(CC(N)C(=O)O)cc2)ccc1C(C)(C)C. The third-order valence-corrected chi connectivity index (χ3v) is 4.18. The lowest BCUT2D eigenvalue weighted by atomic mass is 9.83. The van der Waals surface area contributed by atoms with E-state index in [1.165, 1.54) is 5.56 Å². The van der Waals surface area contributed by atoms with E-state index in [1.807, 2.05) is 19.1 Å². The van der Waals surface area contributed by atoms with Crippen molar-refractivity contribution in [3.8, 4) is 5.75 Å². The van der Waals surface area contributed by atoms with Crippen LogP contribution in [0.1, 0.15) is 47.8 Å². The molecule has 0 aromatic heterocycles. The fourth-order valence-electron chi connectivity index (χ4n) is 2.83. The van der Waals surface area contributed by atoms with Gasteiger partial charge in [-0.2, -0.15) is 0 Å². The zero-order chi connectivity index (χ0) is 19.5. The van der Waals surface area contributed by atoms with Gasteiger partial charge in [0.25, 0.3) is 0 Å². The fourth-order valence-corrected chi connectivity index (χ4v) is 2.83. The highest BCUT2D eigenvalue weighted by Crippen LogP contribution is 2.26. The van der Waals surface area contributed by atoms with E-state index >= 15 is 0 Å². The van der Waals surface area contributed by atoms with Crippen LogP contribution in [0, 0.1) is 6.92 Å². The second kappa shape index (κ2) is 7.70. The predicted octanol–water partition coefficient (Wildman–Crippen LogP) is 3.47. The van der Waals surface area contributed by atoms with Crippen LogP contribution in [-0.4, -0.2) is 23.1 Å². The van der Waals surface area contributed by atoms with Crippen LogP contribution in [0.5, 0.6) is 5.75 Å². The Morgan fingerprint density at radius 1 is 1.12 bits per heavy atom. The van der Waals surface area contributed by atoms with E-state index in [2.05, 4.69) is 20.8 Å². The Kier molecular flexibility index (Phi) is 5.83. The highest BCUT2D eigenvalue weighted by atomic mass is 16.5. The summed E-state index contributed by atoms with van der Waals surface area (Å²) in [6, 6.07) is 11.3. The van der Waals surface area contributed by atoms with Crippen molar-refractivity contribution in [1.29, 1.82) is 0 Å². The van der Waals surface area contributed by atoms with E-state index in [-0.39, 0.29) is 11.8 Å². The summed E-state index contributed by atoms with van der Waals surface area (Å²) in [6.45, 7) is 8.37. The number of ether oxygens (including phenoxy) is 1. The molecule has 0 radical (unpaired) electrons. The largest absolute Gasteiger partial charge is 0.480 e. The third kappa shape index (κ3) is 4.92. The third-order valence-electron chi connectivity index (χ3n) is 4.18. The van der Waals surface area contributed by atoms with Gasteiger partial charge in [-0.15, -0.1) is 0 Å². The molecule has 2 aromatic rings. The minimum atomic E-state index is -1.05. The summed E-state index contributed by atoms with van der Waals surface area (Å²) in [7, 11) is 0. The van der Waals surface area contributed by atoms with Gasteiger partial charge in [0.05, 0.1) is 5.56 Å². The standard InChI is InChI=1S/C21H25NO4/c1-13-11-15(7-10-17(13)21(2,3)4)20(25)26-16-8-5-14(6-9-16)12-18(22)19(23)24/h5-11,18H,12,22H2,1-4H3,(H,23,24). The first kappa shape index (κ1) is 19.7. The first-order valence-electron chi connectivity index (χ1n) is 8.48. The van der Waals surface area contributed by atoms with Crippen LogP contribution in [0.3, 0.4) is 0 Å². The van der Waals surface area contributed by atoms with Gasteiger partial charge in [0.1, 0.15) is 11.8 Å². The highest BCUT2D eigenvalue weighted by Gasteiger charge is 2.18. The summed E-state index contributed by atoms with van der Waals surface area (Å²) in [6.07, 6.45) is 0.219. The van der Waals surface area contributed by atoms with E-state index in [0.717, 1.165) is 11.1 Å². The molecular formula is C21H25NO4. The molecule has 0 heterocycles. The van der Waals surface area contributed by atoms with Crippen molar-refractivity contribution in [3.05, 3.63) is 64.7 Å². The number of carbonyl (C=O) groups is 2. The number of rotatable bonds is 5. The molecule has 0 saturated carbocycles. The zero-order valence-corrected chi connectivity index (χ0v) is 15.6. The predicted molar refractivity (Wildman–Crippen MR) is 101 cm³/mol. The molecule has 0 saturated heterocycles. The van der Waals surface area contributed by atoms with E-state index < -0.39 is 18.0 Å². The van der Waals surface area contributed by atoms with Crippen molar-refractivity contribution in [3.63, 3.8) is 0 Å². The molecule has 2 aromatic carbocycles. The smallest absolute Gasteiger partial charge is 0.343 e. The molecule has 0 fully saturated rings. The molecule has 5 heteroatoms. The van der Waals surface area contributed by atoms with Crippen LogP contribution in [0.4, 0.5) is 0 Å². The summed E-state index contributed by atoms with van der Waals surface area (Å²) >= 11 is 0. The number of aliphatic carboxylic acids is 1. The number of esters is 1. The minimum absolute atomic E-state index is 0.0130. The lowest BCUT2D eigenvalue weighted by molar-refractivity contribution is -0.138. The Labute approximate surface area is 153 Å². The fraction of sp³-hybridized carbons (Fsp3) is 0.333. The molecule has 0 aliphatic rings. The summed E-state index contributed by atoms with van der Waals surface area (Å²) in [4.78, 5) is 23.2. The average molecular weight is 355 g/mol. The lowest BCUT2D eigenvalue weighted by Gasteiger charge is -2.22. The van der Waals surface area contributed by atoms with Gasteiger partial charge in [-0.25, -0.2) is 4.79 Å². The van der Waals surface area contributed by atoms with Gasteiger partial charge in [-0.05, 0) is 59.7 Å². The normalized spacial score (nSPS) is 12.5.